The van der Waals surface area contributed by atoms with Crippen LogP contribution >= 0.6 is 11.6 Å². The van der Waals surface area contributed by atoms with Gasteiger partial charge in [-0.3, -0.25) is 4.79 Å². The Kier molecular flexibility index (Phi) is 6.45. The Bertz CT molecular complexity index is 528. The number of carbonyl (C=O) groups is 1. The first-order valence-electron chi connectivity index (χ1n) is 8.22. The summed E-state index contributed by atoms with van der Waals surface area (Å²) in [5.41, 5.74) is 1.04. The molecule has 0 bridgehead atoms. The lowest BCUT2D eigenvalue weighted by Crippen LogP contribution is -2.29. The van der Waals surface area contributed by atoms with Gasteiger partial charge in [0.1, 0.15) is 0 Å². The lowest BCUT2D eigenvalue weighted by Gasteiger charge is -2.25. The van der Waals surface area contributed by atoms with Crippen molar-refractivity contribution >= 4 is 17.6 Å². The maximum Gasteiger partial charge on any atom is 0.302 e. The number of ether oxygens (including phenoxy) is 3. The Hall–Kier alpha value is -1.10. The zero-order valence-corrected chi connectivity index (χ0v) is 14.8. The van der Waals surface area contributed by atoms with Crippen LogP contribution in [0.25, 0.3) is 0 Å². The predicted molar refractivity (Wildman–Crippen MR) is 89.5 cm³/mol. The summed E-state index contributed by atoms with van der Waals surface area (Å²) < 4.78 is 17.5. The van der Waals surface area contributed by atoms with E-state index < -0.39 is 5.79 Å². The second-order valence-corrected chi connectivity index (χ2v) is 6.26. The first kappa shape index (κ1) is 18.2. The van der Waals surface area contributed by atoms with E-state index in [1.54, 1.807) is 0 Å². The van der Waals surface area contributed by atoms with Crippen molar-refractivity contribution in [2.45, 2.75) is 64.4 Å². The highest BCUT2D eigenvalue weighted by Crippen LogP contribution is 2.37. The minimum absolute atomic E-state index is 0.0923. The smallest absolute Gasteiger partial charge is 0.302 e. The molecule has 1 fully saturated rings. The molecule has 0 aliphatic carbocycles. The van der Waals surface area contributed by atoms with Gasteiger partial charge in [-0.15, -0.1) is 0 Å². The highest BCUT2D eigenvalue weighted by atomic mass is 35.5. The summed E-state index contributed by atoms with van der Waals surface area (Å²) >= 11 is 6.27. The van der Waals surface area contributed by atoms with E-state index >= 15 is 0 Å². The number of hydrogen-bond donors (Lipinski definition) is 0. The first-order chi connectivity index (χ1) is 11.0. The van der Waals surface area contributed by atoms with Crippen molar-refractivity contribution in [2.75, 3.05) is 6.61 Å². The SMILES string of the molecule is CCC1(CC)OC(CCOC(C)=O)C(Cc2ccccc2Cl)O1. The molecule has 0 aromatic heterocycles. The van der Waals surface area contributed by atoms with Gasteiger partial charge in [0.25, 0.3) is 0 Å². The molecule has 0 spiro atoms. The van der Waals surface area contributed by atoms with Crippen LogP contribution in [0.5, 0.6) is 0 Å². The van der Waals surface area contributed by atoms with Crippen molar-refractivity contribution < 1.29 is 19.0 Å². The third-order valence-electron chi connectivity index (χ3n) is 4.31. The van der Waals surface area contributed by atoms with Gasteiger partial charge in [-0.2, -0.15) is 0 Å². The third kappa shape index (κ3) is 4.69. The van der Waals surface area contributed by atoms with Crippen LogP contribution in [0.4, 0.5) is 0 Å². The number of hydrogen-bond acceptors (Lipinski definition) is 4. The number of halogens is 1. The average molecular weight is 341 g/mol. The van der Waals surface area contributed by atoms with E-state index in [4.69, 9.17) is 25.8 Å². The fraction of sp³-hybridized carbons (Fsp3) is 0.611. The second kappa shape index (κ2) is 8.13. The summed E-state index contributed by atoms with van der Waals surface area (Å²) in [6, 6.07) is 7.77. The minimum Gasteiger partial charge on any atom is -0.466 e. The van der Waals surface area contributed by atoms with Crippen LogP contribution in [0.1, 0.15) is 45.6 Å². The van der Waals surface area contributed by atoms with Crippen LogP contribution in [-0.4, -0.2) is 30.6 Å². The molecule has 1 saturated heterocycles. The minimum atomic E-state index is -0.549. The summed E-state index contributed by atoms with van der Waals surface area (Å²) in [6.45, 7) is 5.87. The molecule has 1 aliphatic rings. The number of esters is 1. The number of benzene rings is 1. The van der Waals surface area contributed by atoms with Crippen LogP contribution in [0, 0.1) is 0 Å². The van der Waals surface area contributed by atoms with Gasteiger partial charge in [0.05, 0.1) is 18.8 Å². The van der Waals surface area contributed by atoms with E-state index in [1.165, 1.54) is 6.92 Å². The van der Waals surface area contributed by atoms with E-state index in [9.17, 15) is 4.79 Å². The largest absolute Gasteiger partial charge is 0.466 e. The first-order valence-corrected chi connectivity index (χ1v) is 8.60. The van der Waals surface area contributed by atoms with Crippen molar-refractivity contribution in [1.29, 1.82) is 0 Å². The molecule has 2 rings (SSSR count). The van der Waals surface area contributed by atoms with E-state index in [1.807, 2.05) is 24.3 Å². The van der Waals surface area contributed by atoms with E-state index in [-0.39, 0.29) is 18.2 Å². The second-order valence-electron chi connectivity index (χ2n) is 5.85. The normalized spacial score (nSPS) is 23.0. The fourth-order valence-corrected chi connectivity index (χ4v) is 3.14. The van der Waals surface area contributed by atoms with Crippen molar-refractivity contribution in [3.05, 3.63) is 34.9 Å². The van der Waals surface area contributed by atoms with E-state index in [0.29, 0.717) is 19.4 Å². The maximum atomic E-state index is 11.0. The molecule has 5 heteroatoms. The van der Waals surface area contributed by atoms with Gasteiger partial charge < -0.3 is 14.2 Å². The Morgan fingerprint density at radius 2 is 1.87 bits per heavy atom. The Labute approximate surface area is 143 Å². The summed E-state index contributed by atoms with van der Waals surface area (Å²) in [7, 11) is 0. The molecule has 1 heterocycles. The molecule has 0 N–H and O–H groups in total. The summed E-state index contributed by atoms with van der Waals surface area (Å²) in [6.07, 6.45) is 2.68. The molecular weight excluding hydrogens is 316 g/mol. The highest BCUT2D eigenvalue weighted by molar-refractivity contribution is 6.31. The van der Waals surface area contributed by atoms with Crippen LogP contribution < -0.4 is 0 Å². The van der Waals surface area contributed by atoms with Gasteiger partial charge in [0.2, 0.25) is 0 Å². The zero-order valence-electron chi connectivity index (χ0n) is 14.0. The van der Waals surface area contributed by atoms with Gasteiger partial charge in [0, 0.05) is 24.8 Å². The molecule has 0 radical (unpaired) electrons. The number of carbonyl (C=O) groups excluding carboxylic acids is 1. The average Bonchev–Trinajstić information content (AvgIpc) is 2.88. The third-order valence-corrected chi connectivity index (χ3v) is 4.68. The molecule has 23 heavy (non-hydrogen) atoms. The van der Waals surface area contributed by atoms with Gasteiger partial charge in [-0.1, -0.05) is 43.6 Å². The maximum absolute atomic E-state index is 11.0. The predicted octanol–water partition coefficient (Wildman–Crippen LogP) is 4.14. The van der Waals surface area contributed by atoms with Crippen LogP contribution in [0.2, 0.25) is 5.02 Å². The van der Waals surface area contributed by atoms with E-state index in [2.05, 4.69) is 13.8 Å². The van der Waals surface area contributed by atoms with Gasteiger partial charge in [0.15, 0.2) is 5.79 Å². The molecule has 1 aromatic carbocycles. The van der Waals surface area contributed by atoms with Crippen LogP contribution in [-0.2, 0) is 25.4 Å². The zero-order chi connectivity index (χ0) is 16.9. The van der Waals surface area contributed by atoms with Crippen molar-refractivity contribution in [1.82, 2.24) is 0 Å². The fourth-order valence-electron chi connectivity index (χ4n) is 2.93. The lowest BCUT2D eigenvalue weighted by atomic mass is 10.0. The Morgan fingerprint density at radius 1 is 1.22 bits per heavy atom. The summed E-state index contributed by atoms with van der Waals surface area (Å²) in [4.78, 5) is 11.0. The number of rotatable bonds is 7. The monoisotopic (exact) mass is 340 g/mol. The molecule has 0 saturated carbocycles. The summed E-state index contributed by atoms with van der Waals surface area (Å²) in [5.74, 6) is -0.823. The van der Waals surface area contributed by atoms with Gasteiger partial charge >= 0.3 is 5.97 Å². The van der Waals surface area contributed by atoms with Crippen LogP contribution in [0.3, 0.4) is 0 Å². The highest BCUT2D eigenvalue weighted by Gasteiger charge is 2.45. The quantitative estimate of drug-likeness (QED) is 0.700. The Balaban J connectivity index is 2.09. The molecule has 2 unspecified atom stereocenters. The van der Waals surface area contributed by atoms with Crippen molar-refractivity contribution in [3.8, 4) is 0 Å². The molecule has 4 nitrogen and oxygen atoms in total. The van der Waals surface area contributed by atoms with Gasteiger partial charge in [-0.05, 0) is 24.5 Å². The molecule has 128 valence electrons. The Morgan fingerprint density at radius 3 is 2.48 bits per heavy atom. The molecule has 0 amide bonds. The molecule has 2 atom stereocenters. The molecule has 1 aromatic rings. The lowest BCUT2D eigenvalue weighted by molar-refractivity contribution is -0.180. The standard InChI is InChI=1S/C18H25ClO4/c1-4-18(5-2)22-16(10-11-21-13(3)20)17(23-18)12-14-8-6-7-9-15(14)19/h6-9,16-17H,4-5,10-12H2,1-3H3. The van der Waals surface area contributed by atoms with Crippen molar-refractivity contribution in [2.24, 2.45) is 0 Å². The summed E-state index contributed by atoms with van der Waals surface area (Å²) in [5, 5.41) is 0.736. The van der Waals surface area contributed by atoms with Gasteiger partial charge in [-0.25, -0.2) is 0 Å². The van der Waals surface area contributed by atoms with E-state index in [0.717, 1.165) is 23.4 Å². The van der Waals surface area contributed by atoms with Crippen LogP contribution in [0.15, 0.2) is 24.3 Å². The topological polar surface area (TPSA) is 44.8 Å². The molecule has 1 aliphatic heterocycles. The van der Waals surface area contributed by atoms with Crippen molar-refractivity contribution in [3.63, 3.8) is 0 Å². The molecular formula is C18H25ClO4.